The molecule has 1 saturated carbocycles. The van der Waals surface area contributed by atoms with Crippen molar-refractivity contribution in [2.24, 2.45) is 0 Å². The monoisotopic (exact) mass is 259 g/mol. The normalized spacial score (nSPS) is 15.8. The third kappa shape index (κ3) is 2.12. The van der Waals surface area contributed by atoms with Gasteiger partial charge in [0.1, 0.15) is 0 Å². The van der Waals surface area contributed by atoms with Gasteiger partial charge in [-0.3, -0.25) is 0 Å². The summed E-state index contributed by atoms with van der Waals surface area (Å²) in [6.45, 7) is 4.45. The van der Waals surface area contributed by atoms with E-state index in [1.54, 1.807) is 0 Å². The molecular formula is C13H19Cl2N. The van der Waals surface area contributed by atoms with Crippen LogP contribution in [0.1, 0.15) is 41.4 Å². The molecule has 0 aliphatic heterocycles. The smallest absolute Gasteiger partial charge is 0.0337 e. The zero-order chi connectivity index (χ0) is 11.7. The Bertz CT molecular complexity index is 348. The van der Waals surface area contributed by atoms with Crippen LogP contribution in [0.2, 0.25) is 0 Å². The lowest BCUT2D eigenvalue weighted by Gasteiger charge is -2.07. The Morgan fingerprint density at radius 1 is 1.00 bits per heavy atom. The van der Waals surface area contributed by atoms with Crippen molar-refractivity contribution in [1.29, 1.82) is 0 Å². The maximum atomic E-state index is 5.89. The van der Waals surface area contributed by atoms with Gasteiger partial charge in [0.25, 0.3) is 0 Å². The van der Waals surface area contributed by atoms with Crippen LogP contribution in [0.4, 0.5) is 0 Å². The first-order valence-corrected chi connectivity index (χ1v) is 7.08. The molecule has 1 heterocycles. The van der Waals surface area contributed by atoms with Crippen LogP contribution in [0.5, 0.6) is 0 Å². The Kier molecular flexibility index (Phi) is 3.86. The summed E-state index contributed by atoms with van der Waals surface area (Å²) in [5.41, 5.74) is 5.72. The van der Waals surface area contributed by atoms with Crippen LogP contribution in [-0.2, 0) is 12.8 Å². The number of rotatable bonds is 5. The van der Waals surface area contributed by atoms with Gasteiger partial charge in [-0.1, -0.05) is 0 Å². The van der Waals surface area contributed by atoms with Crippen LogP contribution in [-0.4, -0.2) is 16.3 Å². The van der Waals surface area contributed by atoms with Gasteiger partial charge in [-0.15, -0.1) is 23.2 Å². The van der Waals surface area contributed by atoms with Crippen molar-refractivity contribution < 1.29 is 0 Å². The molecule has 1 aromatic rings. The minimum Gasteiger partial charge on any atom is -0.346 e. The molecular weight excluding hydrogens is 241 g/mol. The third-order valence-electron chi connectivity index (χ3n) is 3.56. The topological polar surface area (TPSA) is 4.93 Å². The summed E-state index contributed by atoms with van der Waals surface area (Å²) >= 11 is 11.8. The van der Waals surface area contributed by atoms with Crippen molar-refractivity contribution in [1.82, 2.24) is 4.57 Å². The zero-order valence-electron chi connectivity index (χ0n) is 10.0. The Balaban J connectivity index is 2.43. The first kappa shape index (κ1) is 12.3. The van der Waals surface area contributed by atoms with E-state index >= 15 is 0 Å². The predicted molar refractivity (Wildman–Crippen MR) is 71.0 cm³/mol. The highest BCUT2D eigenvalue weighted by Crippen LogP contribution is 2.40. The van der Waals surface area contributed by atoms with E-state index in [1.165, 1.54) is 35.4 Å². The van der Waals surface area contributed by atoms with Gasteiger partial charge < -0.3 is 4.57 Å². The summed E-state index contributed by atoms with van der Waals surface area (Å²) in [5.74, 6) is 1.40. The van der Waals surface area contributed by atoms with Crippen LogP contribution < -0.4 is 0 Å². The van der Waals surface area contributed by atoms with Crippen molar-refractivity contribution in [3.8, 4) is 0 Å². The molecule has 0 radical (unpaired) electrons. The van der Waals surface area contributed by atoms with Crippen LogP contribution in [0.3, 0.4) is 0 Å². The lowest BCUT2D eigenvalue weighted by Crippen LogP contribution is -1.99. The van der Waals surface area contributed by atoms with Gasteiger partial charge in [0.05, 0.1) is 0 Å². The van der Waals surface area contributed by atoms with E-state index in [1.807, 2.05) is 0 Å². The van der Waals surface area contributed by atoms with E-state index < -0.39 is 0 Å². The van der Waals surface area contributed by atoms with E-state index in [0.29, 0.717) is 11.8 Å². The first-order valence-electron chi connectivity index (χ1n) is 6.01. The van der Waals surface area contributed by atoms with Crippen LogP contribution in [0, 0.1) is 13.8 Å². The Labute approximate surface area is 108 Å². The van der Waals surface area contributed by atoms with E-state index in [9.17, 15) is 0 Å². The molecule has 0 N–H and O–H groups in total. The largest absolute Gasteiger partial charge is 0.346 e. The van der Waals surface area contributed by atoms with Gasteiger partial charge in [-0.25, -0.2) is 0 Å². The highest BCUT2D eigenvalue weighted by Gasteiger charge is 2.28. The van der Waals surface area contributed by atoms with Crippen molar-refractivity contribution in [3.63, 3.8) is 0 Å². The third-order valence-corrected chi connectivity index (χ3v) is 3.94. The second-order valence-corrected chi connectivity index (χ2v) is 5.36. The molecule has 1 aliphatic carbocycles. The molecule has 1 fully saturated rings. The maximum Gasteiger partial charge on any atom is 0.0337 e. The number of aromatic nitrogens is 1. The van der Waals surface area contributed by atoms with E-state index in [4.69, 9.17) is 23.2 Å². The molecule has 90 valence electrons. The number of hydrogen-bond acceptors (Lipinski definition) is 0. The average Bonchev–Trinajstić information content (AvgIpc) is 3.04. The summed E-state index contributed by atoms with van der Waals surface area (Å²) in [6, 6.07) is 0.748. The van der Waals surface area contributed by atoms with Gasteiger partial charge in [0, 0.05) is 29.2 Å². The fourth-order valence-electron chi connectivity index (χ4n) is 2.71. The molecule has 0 atom stereocenters. The van der Waals surface area contributed by atoms with Gasteiger partial charge in [0.2, 0.25) is 0 Å². The Hall–Kier alpha value is -0.140. The molecule has 1 aromatic heterocycles. The molecule has 16 heavy (non-hydrogen) atoms. The summed E-state index contributed by atoms with van der Waals surface area (Å²) in [4.78, 5) is 0. The number of alkyl halides is 2. The number of hydrogen-bond donors (Lipinski definition) is 0. The minimum atomic E-state index is 0.699. The van der Waals surface area contributed by atoms with Gasteiger partial charge in [0.15, 0.2) is 0 Å². The Morgan fingerprint density at radius 2 is 1.44 bits per heavy atom. The summed E-state index contributed by atoms with van der Waals surface area (Å²) in [7, 11) is 0. The first-order chi connectivity index (χ1) is 7.70. The Morgan fingerprint density at radius 3 is 1.75 bits per heavy atom. The van der Waals surface area contributed by atoms with Crippen molar-refractivity contribution in [2.75, 3.05) is 11.8 Å². The molecule has 0 unspecified atom stereocenters. The van der Waals surface area contributed by atoms with E-state index in [-0.39, 0.29) is 0 Å². The van der Waals surface area contributed by atoms with Crippen molar-refractivity contribution >= 4 is 23.2 Å². The fraction of sp³-hybridized carbons (Fsp3) is 0.692. The zero-order valence-corrected chi connectivity index (χ0v) is 11.5. The molecule has 0 aromatic carbocycles. The fourth-order valence-corrected chi connectivity index (χ4v) is 3.09. The highest BCUT2D eigenvalue weighted by atomic mass is 35.5. The molecule has 0 bridgehead atoms. The molecule has 0 saturated heterocycles. The molecule has 0 amide bonds. The maximum absolute atomic E-state index is 5.89. The van der Waals surface area contributed by atoms with Gasteiger partial charge in [-0.2, -0.15) is 0 Å². The quantitative estimate of drug-likeness (QED) is 0.705. The number of nitrogens with zero attached hydrogens (tertiary/aromatic N) is 1. The second-order valence-electron chi connectivity index (χ2n) is 4.61. The van der Waals surface area contributed by atoms with Gasteiger partial charge in [-0.05, 0) is 50.7 Å². The summed E-state index contributed by atoms with van der Waals surface area (Å²) in [6.07, 6.45) is 4.61. The second kappa shape index (κ2) is 5.01. The van der Waals surface area contributed by atoms with Crippen LogP contribution >= 0.6 is 23.2 Å². The van der Waals surface area contributed by atoms with Gasteiger partial charge >= 0.3 is 0 Å². The van der Waals surface area contributed by atoms with E-state index in [0.717, 1.165) is 18.9 Å². The minimum absolute atomic E-state index is 0.699. The SMILES string of the molecule is Cc1c(CCCl)c(CCCl)c(C)n1C1CC1. The number of halogens is 2. The van der Waals surface area contributed by atoms with Crippen molar-refractivity contribution in [3.05, 3.63) is 22.5 Å². The predicted octanol–water partition coefficient (Wildman–Crippen LogP) is 4.00. The molecule has 1 aliphatic rings. The van der Waals surface area contributed by atoms with Crippen molar-refractivity contribution in [2.45, 2.75) is 45.6 Å². The standard InChI is InChI=1S/C13H19Cl2N/c1-9-12(5-7-14)13(6-8-15)10(2)16(9)11-3-4-11/h11H,3-8H2,1-2H3. The van der Waals surface area contributed by atoms with E-state index in [2.05, 4.69) is 18.4 Å². The highest BCUT2D eigenvalue weighted by molar-refractivity contribution is 6.18. The molecule has 2 rings (SSSR count). The molecule has 3 heteroatoms. The van der Waals surface area contributed by atoms with Crippen LogP contribution in [0.15, 0.2) is 0 Å². The average molecular weight is 260 g/mol. The lowest BCUT2D eigenvalue weighted by molar-refractivity contribution is 0.693. The van der Waals surface area contributed by atoms with Crippen LogP contribution in [0.25, 0.3) is 0 Å². The summed E-state index contributed by atoms with van der Waals surface area (Å²) in [5, 5.41) is 0. The lowest BCUT2D eigenvalue weighted by atomic mass is 10.0. The summed E-state index contributed by atoms with van der Waals surface area (Å²) < 4.78 is 2.50. The molecule has 0 spiro atoms. The molecule has 1 nitrogen and oxygen atoms in total.